The fourth-order valence-electron chi connectivity index (χ4n) is 1.67. The monoisotopic (exact) mass is 183 g/mol. The molecule has 0 aromatic carbocycles. The molecule has 1 aliphatic heterocycles. The number of nitrogens with one attached hydrogen (secondary N) is 1. The molecule has 1 unspecified atom stereocenters. The number of hydrogen-bond acceptors (Lipinski definition) is 3. The van der Waals surface area contributed by atoms with Crippen molar-refractivity contribution in [1.29, 1.82) is 0 Å². The minimum Gasteiger partial charge on any atom is -0.296 e. The Morgan fingerprint density at radius 1 is 1.58 bits per heavy atom. The van der Waals surface area contributed by atoms with Crippen LogP contribution in [0.5, 0.6) is 0 Å². The van der Waals surface area contributed by atoms with Gasteiger partial charge >= 0.3 is 0 Å². The number of fused-ring (bicyclic) bond motifs is 1. The Kier molecular flexibility index (Phi) is 1.88. The Bertz CT molecular complexity index is 292. The van der Waals surface area contributed by atoms with E-state index in [4.69, 9.17) is 0 Å². The van der Waals surface area contributed by atoms with E-state index in [0.717, 1.165) is 18.8 Å². The molecule has 0 saturated heterocycles. The van der Waals surface area contributed by atoms with Gasteiger partial charge in [0.25, 0.3) is 0 Å². The summed E-state index contributed by atoms with van der Waals surface area (Å²) in [5, 5.41) is 7.53. The Morgan fingerprint density at radius 3 is 3.00 bits per heavy atom. The lowest BCUT2D eigenvalue weighted by Gasteiger charge is -2.06. The average molecular weight is 183 g/mol. The van der Waals surface area contributed by atoms with Crippen molar-refractivity contribution in [2.75, 3.05) is 7.05 Å². The first-order valence-corrected chi connectivity index (χ1v) is 4.62. The van der Waals surface area contributed by atoms with E-state index in [1.165, 1.54) is 11.3 Å². The van der Waals surface area contributed by atoms with Crippen LogP contribution in [0.3, 0.4) is 0 Å². The summed E-state index contributed by atoms with van der Waals surface area (Å²) in [6.07, 6.45) is 0. The fourth-order valence-corrected chi connectivity index (χ4v) is 1.88. The molecular weight excluding hydrogens is 170 g/mol. The molecule has 0 saturated carbocycles. The molecule has 1 aromatic heterocycles. The number of nitrogens with zero attached hydrogens (tertiary/aromatic N) is 2. The summed E-state index contributed by atoms with van der Waals surface area (Å²) in [6.45, 7) is 4.05. The van der Waals surface area contributed by atoms with Crippen LogP contribution in [0.1, 0.15) is 29.1 Å². The van der Waals surface area contributed by atoms with Crippen molar-refractivity contribution in [1.82, 2.24) is 15.1 Å². The van der Waals surface area contributed by atoms with E-state index in [1.807, 2.05) is 0 Å². The number of thiol groups is 1. The van der Waals surface area contributed by atoms with Crippen molar-refractivity contribution in [3.63, 3.8) is 0 Å². The van der Waals surface area contributed by atoms with Gasteiger partial charge in [0, 0.05) is 23.9 Å². The molecule has 12 heavy (non-hydrogen) atoms. The molecule has 0 amide bonds. The van der Waals surface area contributed by atoms with Gasteiger partial charge in [-0.05, 0) is 14.0 Å². The molecule has 4 heteroatoms. The molecule has 0 aliphatic carbocycles. The van der Waals surface area contributed by atoms with E-state index < -0.39 is 0 Å². The van der Waals surface area contributed by atoms with E-state index in [2.05, 4.69) is 41.7 Å². The third-order valence-corrected chi connectivity index (χ3v) is 2.48. The topological polar surface area (TPSA) is 31.9 Å². The van der Waals surface area contributed by atoms with Gasteiger partial charge in [-0.3, -0.25) is 10.00 Å². The normalized spacial score (nSPS) is 19.6. The van der Waals surface area contributed by atoms with Crippen LogP contribution in [0.15, 0.2) is 0 Å². The summed E-state index contributed by atoms with van der Waals surface area (Å²) in [5.74, 6) is 0. The van der Waals surface area contributed by atoms with E-state index >= 15 is 0 Å². The van der Waals surface area contributed by atoms with E-state index in [-0.39, 0.29) is 5.25 Å². The molecule has 1 atom stereocenters. The van der Waals surface area contributed by atoms with Crippen molar-refractivity contribution in [3.05, 3.63) is 17.0 Å². The molecule has 1 aromatic rings. The van der Waals surface area contributed by atoms with Gasteiger partial charge in [0.05, 0.1) is 11.4 Å². The largest absolute Gasteiger partial charge is 0.296 e. The molecule has 1 aliphatic rings. The van der Waals surface area contributed by atoms with Crippen molar-refractivity contribution in [3.8, 4) is 0 Å². The highest BCUT2D eigenvalue weighted by Gasteiger charge is 2.23. The van der Waals surface area contributed by atoms with Gasteiger partial charge in [0.1, 0.15) is 0 Å². The van der Waals surface area contributed by atoms with Crippen molar-refractivity contribution in [2.45, 2.75) is 25.3 Å². The lowest BCUT2D eigenvalue weighted by molar-refractivity contribution is 0.347. The van der Waals surface area contributed by atoms with Crippen LogP contribution in [-0.2, 0) is 13.1 Å². The average Bonchev–Trinajstić information content (AvgIpc) is 2.43. The molecule has 0 spiro atoms. The molecule has 66 valence electrons. The van der Waals surface area contributed by atoms with Gasteiger partial charge < -0.3 is 0 Å². The molecular formula is C8H13N3S. The van der Waals surface area contributed by atoms with E-state index in [9.17, 15) is 0 Å². The Hall–Kier alpha value is -0.480. The summed E-state index contributed by atoms with van der Waals surface area (Å²) in [4.78, 5) is 2.27. The minimum atomic E-state index is 0.233. The summed E-state index contributed by atoms with van der Waals surface area (Å²) < 4.78 is 0. The number of H-pyrrole nitrogens is 1. The Morgan fingerprint density at radius 2 is 2.33 bits per heavy atom. The smallest absolute Gasteiger partial charge is 0.0794 e. The zero-order chi connectivity index (χ0) is 8.72. The Labute approximate surface area is 77.6 Å². The lowest BCUT2D eigenvalue weighted by Crippen LogP contribution is -2.09. The molecule has 0 bridgehead atoms. The second kappa shape index (κ2) is 2.78. The first-order chi connectivity index (χ1) is 5.68. The minimum absolute atomic E-state index is 0.233. The molecule has 1 N–H and O–H groups in total. The zero-order valence-corrected chi connectivity index (χ0v) is 8.23. The van der Waals surface area contributed by atoms with Gasteiger partial charge in [-0.2, -0.15) is 17.7 Å². The van der Waals surface area contributed by atoms with Crippen molar-refractivity contribution >= 4 is 12.6 Å². The maximum absolute atomic E-state index is 4.38. The molecule has 0 fully saturated rings. The SMILES string of the molecule is CC(S)c1n[nH]c2c1CN(C)C2. The predicted octanol–water partition coefficient (Wildman–Crippen LogP) is 1.35. The van der Waals surface area contributed by atoms with Crippen LogP contribution in [0.4, 0.5) is 0 Å². The van der Waals surface area contributed by atoms with Crippen LogP contribution < -0.4 is 0 Å². The summed E-state index contributed by atoms with van der Waals surface area (Å²) in [5.41, 5.74) is 3.71. The molecule has 0 radical (unpaired) electrons. The van der Waals surface area contributed by atoms with Gasteiger partial charge in [-0.1, -0.05) is 0 Å². The molecule has 2 heterocycles. The van der Waals surface area contributed by atoms with Crippen molar-refractivity contribution < 1.29 is 0 Å². The van der Waals surface area contributed by atoms with E-state index in [0.29, 0.717) is 0 Å². The van der Waals surface area contributed by atoms with Gasteiger partial charge in [-0.25, -0.2) is 0 Å². The summed E-state index contributed by atoms with van der Waals surface area (Å²) in [6, 6.07) is 0. The number of hydrogen-bond donors (Lipinski definition) is 2. The Balaban J connectivity index is 2.37. The maximum Gasteiger partial charge on any atom is 0.0794 e. The first-order valence-electron chi connectivity index (χ1n) is 4.11. The van der Waals surface area contributed by atoms with Crippen molar-refractivity contribution in [2.24, 2.45) is 0 Å². The van der Waals surface area contributed by atoms with Gasteiger partial charge in [0.2, 0.25) is 0 Å². The van der Waals surface area contributed by atoms with Crippen LogP contribution in [0.2, 0.25) is 0 Å². The zero-order valence-electron chi connectivity index (χ0n) is 7.33. The molecule has 3 nitrogen and oxygen atoms in total. The quantitative estimate of drug-likeness (QED) is 0.644. The standard InChI is InChI=1S/C8H13N3S/c1-5(12)8-6-3-11(2)4-7(6)9-10-8/h5,12H,3-4H2,1-2H3,(H,9,10). The van der Waals surface area contributed by atoms with Crippen LogP contribution in [0, 0.1) is 0 Å². The van der Waals surface area contributed by atoms with Crippen LogP contribution in [-0.4, -0.2) is 22.1 Å². The highest BCUT2D eigenvalue weighted by atomic mass is 32.1. The second-order valence-electron chi connectivity index (χ2n) is 3.41. The molecule has 2 rings (SSSR count). The predicted molar refractivity (Wildman–Crippen MR) is 51.2 cm³/mol. The fraction of sp³-hybridized carbons (Fsp3) is 0.625. The van der Waals surface area contributed by atoms with E-state index in [1.54, 1.807) is 0 Å². The van der Waals surface area contributed by atoms with Crippen LogP contribution in [0.25, 0.3) is 0 Å². The highest BCUT2D eigenvalue weighted by molar-refractivity contribution is 7.80. The number of rotatable bonds is 1. The third-order valence-electron chi connectivity index (χ3n) is 2.24. The van der Waals surface area contributed by atoms with Gasteiger partial charge in [-0.15, -0.1) is 0 Å². The van der Waals surface area contributed by atoms with Gasteiger partial charge in [0.15, 0.2) is 0 Å². The summed E-state index contributed by atoms with van der Waals surface area (Å²) >= 11 is 4.38. The lowest BCUT2D eigenvalue weighted by atomic mass is 10.2. The second-order valence-corrected chi connectivity index (χ2v) is 4.19. The van der Waals surface area contributed by atoms with Crippen LogP contribution >= 0.6 is 12.6 Å². The first kappa shape index (κ1) is 8.13. The highest BCUT2D eigenvalue weighted by Crippen LogP contribution is 2.28. The summed E-state index contributed by atoms with van der Waals surface area (Å²) in [7, 11) is 2.11. The maximum atomic E-state index is 4.38. The third kappa shape index (κ3) is 1.15. The number of aromatic amines is 1. The number of aromatic nitrogens is 2.